The standard InChI is InChI=1S/C22H30FN3O4/c1-25(2)20(27)10-24-22(28)17-12-26(11-14-5-7-29-8-6-14)21-16-9-15(23)3-4-19(16)30-13-18(17)21/h3-4,9,14,17-18,21H,5-8,10-13H2,1-2H3,(H,24,28)/t17-,18+,21+/m1/s1. The topological polar surface area (TPSA) is 71.1 Å². The average Bonchev–Trinajstić information content (AvgIpc) is 3.11. The number of hydrogen-bond acceptors (Lipinski definition) is 5. The Balaban J connectivity index is 1.55. The maximum atomic E-state index is 14.1. The van der Waals surface area contributed by atoms with Crippen LogP contribution in [-0.2, 0) is 14.3 Å². The number of rotatable bonds is 5. The Hall–Kier alpha value is -2.19. The number of nitrogens with zero attached hydrogens (tertiary/aromatic N) is 2. The molecule has 3 aliphatic heterocycles. The lowest BCUT2D eigenvalue weighted by atomic mass is 9.84. The quantitative estimate of drug-likeness (QED) is 0.782. The molecule has 3 aliphatic rings. The zero-order valence-electron chi connectivity index (χ0n) is 17.6. The van der Waals surface area contributed by atoms with Gasteiger partial charge in [-0.3, -0.25) is 14.5 Å². The number of carbonyl (C=O) groups is 2. The van der Waals surface area contributed by atoms with Crippen molar-refractivity contribution in [1.29, 1.82) is 0 Å². The molecule has 1 aromatic carbocycles. The smallest absolute Gasteiger partial charge is 0.241 e. The van der Waals surface area contributed by atoms with Crippen LogP contribution < -0.4 is 10.1 Å². The maximum Gasteiger partial charge on any atom is 0.241 e. The molecule has 1 N–H and O–H groups in total. The Kier molecular flexibility index (Phi) is 6.24. The van der Waals surface area contributed by atoms with E-state index in [4.69, 9.17) is 9.47 Å². The highest BCUT2D eigenvalue weighted by Crippen LogP contribution is 2.48. The molecule has 8 heteroatoms. The number of likely N-dealkylation sites (tertiary alicyclic amines) is 1. The van der Waals surface area contributed by atoms with E-state index in [-0.39, 0.29) is 42.1 Å². The number of nitrogens with one attached hydrogen (secondary N) is 1. The number of halogens is 1. The SMILES string of the molecule is CN(C)C(=O)CNC(=O)[C@@H]1CN(CC2CCOCC2)[C@H]2c3cc(F)ccc3OC[C@@H]12. The second-order valence-electron chi connectivity index (χ2n) is 8.72. The summed E-state index contributed by atoms with van der Waals surface area (Å²) in [7, 11) is 3.33. The first kappa shape index (κ1) is 21.1. The summed E-state index contributed by atoms with van der Waals surface area (Å²) in [6, 6.07) is 4.57. The van der Waals surface area contributed by atoms with Crippen LogP contribution >= 0.6 is 0 Å². The van der Waals surface area contributed by atoms with Crippen LogP contribution in [0.4, 0.5) is 4.39 Å². The van der Waals surface area contributed by atoms with E-state index < -0.39 is 0 Å². The monoisotopic (exact) mass is 419 g/mol. The van der Waals surface area contributed by atoms with E-state index in [9.17, 15) is 14.0 Å². The van der Waals surface area contributed by atoms with Gasteiger partial charge < -0.3 is 19.7 Å². The van der Waals surface area contributed by atoms with Crippen molar-refractivity contribution in [1.82, 2.24) is 15.1 Å². The number of benzene rings is 1. The second-order valence-corrected chi connectivity index (χ2v) is 8.72. The Morgan fingerprint density at radius 1 is 1.27 bits per heavy atom. The average molecular weight is 419 g/mol. The molecule has 0 bridgehead atoms. The summed E-state index contributed by atoms with van der Waals surface area (Å²) in [4.78, 5) is 28.7. The molecule has 164 valence electrons. The van der Waals surface area contributed by atoms with Crippen LogP contribution in [0, 0.1) is 23.6 Å². The van der Waals surface area contributed by atoms with Crippen LogP contribution in [0.1, 0.15) is 24.4 Å². The summed E-state index contributed by atoms with van der Waals surface area (Å²) in [5.41, 5.74) is 0.818. The highest BCUT2D eigenvalue weighted by molar-refractivity contribution is 5.86. The van der Waals surface area contributed by atoms with Gasteiger partial charge in [0, 0.05) is 57.9 Å². The number of fused-ring (bicyclic) bond motifs is 3. The zero-order chi connectivity index (χ0) is 21.3. The summed E-state index contributed by atoms with van der Waals surface area (Å²) >= 11 is 0. The first-order valence-electron chi connectivity index (χ1n) is 10.7. The zero-order valence-corrected chi connectivity index (χ0v) is 17.6. The Morgan fingerprint density at radius 2 is 2.03 bits per heavy atom. The van der Waals surface area contributed by atoms with Gasteiger partial charge >= 0.3 is 0 Å². The van der Waals surface area contributed by atoms with Gasteiger partial charge in [0.25, 0.3) is 0 Å². The van der Waals surface area contributed by atoms with E-state index in [0.717, 1.165) is 38.2 Å². The Labute approximate surface area is 176 Å². The van der Waals surface area contributed by atoms with Gasteiger partial charge in [-0.25, -0.2) is 4.39 Å². The number of hydrogen-bond donors (Lipinski definition) is 1. The number of ether oxygens (including phenoxy) is 2. The molecule has 2 saturated heterocycles. The fraction of sp³-hybridized carbons (Fsp3) is 0.636. The molecule has 3 atom stereocenters. The number of amides is 2. The molecule has 2 fully saturated rings. The Morgan fingerprint density at radius 3 is 2.77 bits per heavy atom. The molecule has 0 saturated carbocycles. The second kappa shape index (κ2) is 8.89. The molecule has 0 unspecified atom stereocenters. The molecule has 3 heterocycles. The summed E-state index contributed by atoms with van der Waals surface area (Å²) in [6.07, 6.45) is 1.99. The molecule has 0 radical (unpaired) electrons. The van der Waals surface area contributed by atoms with E-state index in [1.807, 2.05) is 0 Å². The van der Waals surface area contributed by atoms with Crippen molar-refractivity contribution in [3.63, 3.8) is 0 Å². The third-order valence-electron chi connectivity index (χ3n) is 6.55. The first-order chi connectivity index (χ1) is 14.4. The van der Waals surface area contributed by atoms with Crippen molar-refractivity contribution in [2.24, 2.45) is 17.8 Å². The van der Waals surface area contributed by atoms with Gasteiger partial charge in [-0.1, -0.05) is 0 Å². The van der Waals surface area contributed by atoms with E-state index in [2.05, 4.69) is 10.2 Å². The van der Waals surface area contributed by atoms with Crippen LogP contribution in [-0.4, -0.2) is 75.2 Å². The van der Waals surface area contributed by atoms with Gasteiger partial charge in [-0.15, -0.1) is 0 Å². The normalized spacial score (nSPS) is 26.4. The fourth-order valence-electron chi connectivity index (χ4n) is 4.87. The van der Waals surface area contributed by atoms with Gasteiger partial charge in [0.15, 0.2) is 0 Å². The minimum absolute atomic E-state index is 0.0221. The van der Waals surface area contributed by atoms with E-state index >= 15 is 0 Å². The lowest BCUT2D eigenvalue weighted by Crippen LogP contribution is -2.42. The van der Waals surface area contributed by atoms with Gasteiger partial charge in [-0.2, -0.15) is 0 Å². The van der Waals surface area contributed by atoms with E-state index in [0.29, 0.717) is 24.8 Å². The van der Waals surface area contributed by atoms with Crippen molar-refractivity contribution >= 4 is 11.8 Å². The van der Waals surface area contributed by atoms with E-state index in [1.165, 1.54) is 11.0 Å². The first-order valence-corrected chi connectivity index (χ1v) is 10.7. The van der Waals surface area contributed by atoms with Crippen LogP contribution in [0.3, 0.4) is 0 Å². The molecule has 0 aromatic heterocycles. The molecule has 7 nitrogen and oxygen atoms in total. The summed E-state index contributed by atoms with van der Waals surface area (Å²) in [6.45, 7) is 3.34. The van der Waals surface area contributed by atoms with Gasteiger partial charge in [0.1, 0.15) is 11.6 Å². The minimum atomic E-state index is -0.304. The van der Waals surface area contributed by atoms with Crippen LogP contribution in [0.2, 0.25) is 0 Å². The summed E-state index contributed by atoms with van der Waals surface area (Å²) < 4.78 is 25.5. The molecule has 30 heavy (non-hydrogen) atoms. The molecule has 1 aromatic rings. The highest BCUT2D eigenvalue weighted by atomic mass is 19.1. The van der Waals surface area contributed by atoms with Gasteiger partial charge in [0.2, 0.25) is 11.8 Å². The summed E-state index contributed by atoms with van der Waals surface area (Å²) in [5.74, 6) is 0.223. The predicted molar refractivity (Wildman–Crippen MR) is 108 cm³/mol. The molecular formula is C22H30FN3O4. The molecule has 0 aliphatic carbocycles. The van der Waals surface area contributed by atoms with Crippen molar-refractivity contribution in [2.75, 3.05) is 53.6 Å². The van der Waals surface area contributed by atoms with Crippen molar-refractivity contribution in [2.45, 2.75) is 18.9 Å². The molecular weight excluding hydrogens is 389 g/mol. The third kappa shape index (κ3) is 4.30. The predicted octanol–water partition coefficient (Wildman–Crippen LogP) is 1.44. The number of carbonyl (C=O) groups excluding carboxylic acids is 2. The fourth-order valence-corrected chi connectivity index (χ4v) is 4.87. The molecule has 4 rings (SSSR count). The van der Waals surface area contributed by atoms with Crippen molar-refractivity contribution in [3.05, 3.63) is 29.6 Å². The third-order valence-corrected chi connectivity index (χ3v) is 6.55. The van der Waals surface area contributed by atoms with Crippen LogP contribution in [0.15, 0.2) is 18.2 Å². The Bertz CT molecular complexity index is 797. The lowest BCUT2D eigenvalue weighted by Gasteiger charge is -2.36. The largest absolute Gasteiger partial charge is 0.493 e. The van der Waals surface area contributed by atoms with Crippen molar-refractivity contribution in [3.8, 4) is 5.75 Å². The van der Waals surface area contributed by atoms with Gasteiger partial charge in [-0.05, 0) is 37.0 Å². The lowest BCUT2D eigenvalue weighted by molar-refractivity contribution is -0.132. The van der Waals surface area contributed by atoms with Gasteiger partial charge in [0.05, 0.1) is 19.1 Å². The maximum absolute atomic E-state index is 14.1. The van der Waals surface area contributed by atoms with Crippen molar-refractivity contribution < 1.29 is 23.5 Å². The molecule has 0 spiro atoms. The van der Waals surface area contributed by atoms with Crippen LogP contribution in [0.25, 0.3) is 0 Å². The van der Waals surface area contributed by atoms with Crippen LogP contribution in [0.5, 0.6) is 5.75 Å². The molecule has 2 amide bonds. The number of likely N-dealkylation sites (N-methyl/N-ethyl adjacent to an activating group) is 1. The summed E-state index contributed by atoms with van der Waals surface area (Å²) in [5, 5.41) is 2.79. The highest BCUT2D eigenvalue weighted by Gasteiger charge is 2.49. The van der Waals surface area contributed by atoms with E-state index in [1.54, 1.807) is 26.2 Å². The minimum Gasteiger partial charge on any atom is -0.493 e.